The van der Waals surface area contributed by atoms with Crippen molar-refractivity contribution in [3.05, 3.63) is 60.7 Å². The van der Waals surface area contributed by atoms with E-state index in [0.29, 0.717) is 5.92 Å². The summed E-state index contributed by atoms with van der Waals surface area (Å²) < 4.78 is 0. The van der Waals surface area contributed by atoms with Crippen LogP contribution in [-0.4, -0.2) is 18.0 Å². The maximum Gasteiger partial charge on any atom is 0.0237 e. The lowest BCUT2D eigenvalue weighted by Gasteiger charge is -2.15. The number of benzene rings is 1. The summed E-state index contributed by atoms with van der Waals surface area (Å²) in [6.07, 6.45) is 4.31. The minimum absolute atomic E-state index is 0.664. The van der Waals surface area contributed by atoms with Crippen LogP contribution < -0.4 is 0 Å². The second-order valence-corrected chi connectivity index (χ2v) is 4.88. The smallest absolute Gasteiger partial charge is 0.0237 e. The number of nitrogens with zero attached hydrogens (tertiary/aromatic N) is 1. The third kappa shape index (κ3) is 3.31. The van der Waals surface area contributed by atoms with Gasteiger partial charge in [-0.15, -0.1) is 6.58 Å². The molecular formula is C16H21N. The maximum atomic E-state index is 4.20. The fraction of sp³-hybridized carbons (Fsp3) is 0.375. The molecule has 0 saturated carbocycles. The quantitative estimate of drug-likeness (QED) is 0.694. The van der Waals surface area contributed by atoms with Crippen molar-refractivity contribution < 1.29 is 0 Å². The lowest BCUT2D eigenvalue weighted by Crippen LogP contribution is -2.20. The predicted octanol–water partition coefficient (Wildman–Crippen LogP) is 3.64. The molecule has 1 heteroatoms. The molecule has 0 aromatic heterocycles. The minimum Gasteiger partial charge on any atom is -0.295 e. The molecule has 1 aromatic rings. The van der Waals surface area contributed by atoms with Gasteiger partial charge in [0.05, 0.1) is 0 Å². The highest BCUT2D eigenvalue weighted by molar-refractivity contribution is 5.17. The molecule has 0 N–H and O–H groups in total. The van der Waals surface area contributed by atoms with E-state index in [2.05, 4.69) is 48.4 Å². The van der Waals surface area contributed by atoms with Gasteiger partial charge in [-0.1, -0.05) is 48.6 Å². The van der Waals surface area contributed by atoms with Gasteiger partial charge in [-0.2, -0.15) is 0 Å². The van der Waals surface area contributed by atoms with Crippen LogP contribution in [0.5, 0.6) is 0 Å². The van der Waals surface area contributed by atoms with E-state index in [1.807, 2.05) is 6.08 Å². The van der Waals surface area contributed by atoms with E-state index in [9.17, 15) is 0 Å². The monoisotopic (exact) mass is 227 g/mol. The van der Waals surface area contributed by atoms with E-state index < -0.39 is 0 Å². The molecule has 0 radical (unpaired) electrons. The third-order valence-electron chi connectivity index (χ3n) is 3.45. The molecule has 90 valence electrons. The molecule has 1 fully saturated rings. The summed E-state index contributed by atoms with van der Waals surface area (Å²) in [5.41, 5.74) is 2.78. The predicted molar refractivity (Wildman–Crippen MR) is 73.8 cm³/mol. The Balaban J connectivity index is 1.88. The topological polar surface area (TPSA) is 3.24 Å². The Bertz CT molecular complexity index is 380. The highest BCUT2D eigenvalue weighted by Gasteiger charge is 2.24. The van der Waals surface area contributed by atoms with Crippen LogP contribution in [0, 0.1) is 5.92 Å². The standard InChI is InChI=1S/C16H21N/c1-3-4-10-16-13-17(11-14(16)2)12-15-8-6-5-7-9-15/h3,5-9,16H,1-2,4,10-13H2. The van der Waals surface area contributed by atoms with E-state index in [4.69, 9.17) is 0 Å². The van der Waals surface area contributed by atoms with E-state index in [0.717, 1.165) is 26.1 Å². The van der Waals surface area contributed by atoms with Gasteiger partial charge in [0.15, 0.2) is 0 Å². The Kier molecular flexibility index (Phi) is 4.16. The Morgan fingerprint density at radius 1 is 1.29 bits per heavy atom. The van der Waals surface area contributed by atoms with Gasteiger partial charge in [0.1, 0.15) is 0 Å². The molecule has 0 bridgehead atoms. The summed E-state index contributed by atoms with van der Waals surface area (Å²) in [7, 11) is 0. The highest BCUT2D eigenvalue weighted by atomic mass is 15.1. The second-order valence-electron chi connectivity index (χ2n) is 4.88. The summed E-state index contributed by atoms with van der Waals surface area (Å²) in [6, 6.07) is 10.7. The van der Waals surface area contributed by atoms with Crippen LogP contribution >= 0.6 is 0 Å². The van der Waals surface area contributed by atoms with Crippen LogP contribution in [0.3, 0.4) is 0 Å². The molecule has 17 heavy (non-hydrogen) atoms. The fourth-order valence-electron chi connectivity index (χ4n) is 2.50. The zero-order chi connectivity index (χ0) is 12.1. The van der Waals surface area contributed by atoms with E-state index >= 15 is 0 Å². The first-order chi connectivity index (χ1) is 8.29. The molecule has 0 amide bonds. The molecule has 1 aliphatic heterocycles. The molecule has 2 rings (SSSR count). The fourth-order valence-corrected chi connectivity index (χ4v) is 2.50. The van der Waals surface area contributed by atoms with Gasteiger partial charge in [0.25, 0.3) is 0 Å². The summed E-state index contributed by atoms with van der Waals surface area (Å²) in [5, 5.41) is 0. The first-order valence-electron chi connectivity index (χ1n) is 6.34. The lowest BCUT2D eigenvalue weighted by molar-refractivity contribution is 0.314. The van der Waals surface area contributed by atoms with Gasteiger partial charge in [0, 0.05) is 19.6 Å². The van der Waals surface area contributed by atoms with Crippen molar-refractivity contribution in [2.24, 2.45) is 5.92 Å². The Hall–Kier alpha value is -1.34. The van der Waals surface area contributed by atoms with E-state index in [1.54, 1.807) is 0 Å². The van der Waals surface area contributed by atoms with Crippen molar-refractivity contribution in [2.75, 3.05) is 13.1 Å². The third-order valence-corrected chi connectivity index (χ3v) is 3.45. The van der Waals surface area contributed by atoms with E-state index in [1.165, 1.54) is 17.6 Å². The molecule has 0 aliphatic carbocycles. The van der Waals surface area contributed by atoms with Crippen molar-refractivity contribution in [3.8, 4) is 0 Å². The number of hydrogen-bond donors (Lipinski definition) is 0. The molecule has 1 atom stereocenters. The van der Waals surface area contributed by atoms with Crippen LogP contribution in [0.4, 0.5) is 0 Å². The summed E-state index contributed by atoms with van der Waals surface area (Å²) in [6.45, 7) is 11.2. The zero-order valence-corrected chi connectivity index (χ0v) is 10.4. The molecule has 1 unspecified atom stereocenters. The summed E-state index contributed by atoms with van der Waals surface area (Å²) >= 11 is 0. The zero-order valence-electron chi connectivity index (χ0n) is 10.4. The molecule has 1 aliphatic rings. The normalized spacial score (nSPS) is 20.7. The van der Waals surface area contributed by atoms with Crippen LogP contribution in [-0.2, 0) is 6.54 Å². The number of rotatable bonds is 5. The number of likely N-dealkylation sites (tertiary alicyclic amines) is 1. The summed E-state index contributed by atoms with van der Waals surface area (Å²) in [5.74, 6) is 0.664. The first kappa shape index (κ1) is 12.1. The van der Waals surface area contributed by atoms with Gasteiger partial charge >= 0.3 is 0 Å². The Morgan fingerprint density at radius 3 is 2.76 bits per heavy atom. The van der Waals surface area contributed by atoms with Gasteiger partial charge in [0.2, 0.25) is 0 Å². The van der Waals surface area contributed by atoms with Gasteiger partial charge < -0.3 is 0 Å². The SMILES string of the molecule is C=CCCC1CN(Cc2ccccc2)CC1=C. The molecular weight excluding hydrogens is 206 g/mol. The second kappa shape index (κ2) is 5.83. The molecule has 1 heterocycles. The Morgan fingerprint density at radius 2 is 2.06 bits per heavy atom. The van der Waals surface area contributed by atoms with Gasteiger partial charge in [-0.05, 0) is 24.3 Å². The highest BCUT2D eigenvalue weighted by Crippen LogP contribution is 2.26. The lowest BCUT2D eigenvalue weighted by atomic mass is 9.99. The van der Waals surface area contributed by atoms with Crippen molar-refractivity contribution in [3.63, 3.8) is 0 Å². The largest absolute Gasteiger partial charge is 0.295 e. The van der Waals surface area contributed by atoms with Crippen molar-refractivity contribution >= 4 is 0 Å². The Labute approximate surface area is 104 Å². The maximum absolute atomic E-state index is 4.20. The minimum atomic E-state index is 0.664. The van der Waals surface area contributed by atoms with Gasteiger partial charge in [-0.3, -0.25) is 4.90 Å². The van der Waals surface area contributed by atoms with E-state index in [-0.39, 0.29) is 0 Å². The first-order valence-corrected chi connectivity index (χ1v) is 6.34. The van der Waals surface area contributed by atoms with Crippen molar-refractivity contribution in [2.45, 2.75) is 19.4 Å². The van der Waals surface area contributed by atoms with Crippen LogP contribution in [0.15, 0.2) is 55.1 Å². The molecule has 1 aromatic carbocycles. The van der Waals surface area contributed by atoms with Crippen molar-refractivity contribution in [1.82, 2.24) is 4.90 Å². The average Bonchev–Trinajstić information content (AvgIpc) is 2.68. The number of allylic oxidation sites excluding steroid dienone is 1. The number of hydrogen-bond acceptors (Lipinski definition) is 1. The average molecular weight is 227 g/mol. The molecule has 1 saturated heterocycles. The van der Waals surface area contributed by atoms with Crippen LogP contribution in [0.25, 0.3) is 0 Å². The van der Waals surface area contributed by atoms with Crippen molar-refractivity contribution in [1.29, 1.82) is 0 Å². The summed E-state index contributed by atoms with van der Waals surface area (Å²) in [4.78, 5) is 2.49. The van der Waals surface area contributed by atoms with Crippen LogP contribution in [0.2, 0.25) is 0 Å². The van der Waals surface area contributed by atoms with Gasteiger partial charge in [-0.25, -0.2) is 0 Å². The van der Waals surface area contributed by atoms with Crippen LogP contribution in [0.1, 0.15) is 18.4 Å². The molecule has 0 spiro atoms. The molecule has 1 nitrogen and oxygen atoms in total.